The first-order valence-electron chi connectivity index (χ1n) is 9.20. The standard InChI is InChI=1S/C19H26N4O5/c1-4-5-12-28-14-8-6-13(7-9-14)16(25)22-21-15(24)10-11-23-17(26)19(2,3)20-18(23)27/h6-9H,4-5,10-12H2,1-3H3,(H,20,27)(H,21,24)(H,22,25). The number of rotatable bonds is 8. The summed E-state index contributed by atoms with van der Waals surface area (Å²) in [5.41, 5.74) is 3.96. The number of unbranched alkanes of at least 4 members (excludes halogenated alkanes) is 1. The molecule has 0 atom stereocenters. The molecule has 1 fully saturated rings. The van der Waals surface area contributed by atoms with Crippen LogP contribution in [0.25, 0.3) is 0 Å². The molecule has 5 amide bonds. The average molecular weight is 390 g/mol. The predicted molar refractivity (Wildman–Crippen MR) is 101 cm³/mol. The molecule has 3 N–H and O–H groups in total. The fraction of sp³-hybridized carbons (Fsp3) is 0.474. The van der Waals surface area contributed by atoms with E-state index < -0.39 is 29.3 Å². The highest BCUT2D eigenvalue weighted by Crippen LogP contribution is 2.16. The molecular weight excluding hydrogens is 364 g/mol. The smallest absolute Gasteiger partial charge is 0.325 e. The van der Waals surface area contributed by atoms with Gasteiger partial charge in [0, 0.05) is 18.5 Å². The largest absolute Gasteiger partial charge is 0.494 e. The zero-order valence-corrected chi connectivity index (χ0v) is 16.3. The van der Waals surface area contributed by atoms with Crippen molar-refractivity contribution in [2.24, 2.45) is 0 Å². The Hall–Kier alpha value is -3.10. The molecule has 9 nitrogen and oxygen atoms in total. The molecule has 0 aliphatic carbocycles. The summed E-state index contributed by atoms with van der Waals surface area (Å²) in [5, 5.41) is 2.53. The molecule has 1 saturated heterocycles. The van der Waals surface area contributed by atoms with Crippen LogP contribution in [0.3, 0.4) is 0 Å². The van der Waals surface area contributed by atoms with E-state index in [-0.39, 0.29) is 13.0 Å². The van der Waals surface area contributed by atoms with Crippen molar-refractivity contribution < 1.29 is 23.9 Å². The molecular formula is C19H26N4O5. The lowest BCUT2D eigenvalue weighted by Gasteiger charge is -2.15. The summed E-state index contributed by atoms with van der Waals surface area (Å²) in [6.45, 7) is 5.80. The Bertz CT molecular complexity index is 745. The second-order valence-corrected chi connectivity index (χ2v) is 6.99. The summed E-state index contributed by atoms with van der Waals surface area (Å²) >= 11 is 0. The Balaban J connectivity index is 1.75. The number of hydrogen-bond acceptors (Lipinski definition) is 5. The quantitative estimate of drug-likeness (QED) is 0.352. The highest BCUT2D eigenvalue weighted by atomic mass is 16.5. The Morgan fingerprint density at radius 2 is 1.82 bits per heavy atom. The number of imide groups is 1. The van der Waals surface area contributed by atoms with Crippen molar-refractivity contribution in [2.75, 3.05) is 13.2 Å². The van der Waals surface area contributed by atoms with Gasteiger partial charge in [-0.1, -0.05) is 13.3 Å². The molecule has 1 heterocycles. The van der Waals surface area contributed by atoms with Crippen molar-refractivity contribution in [3.8, 4) is 5.75 Å². The van der Waals surface area contributed by atoms with E-state index in [4.69, 9.17) is 4.74 Å². The fourth-order valence-electron chi connectivity index (χ4n) is 2.53. The van der Waals surface area contributed by atoms with Crippen LogP contribution in [0.2, 0.25) is 0 Å². The molecule has 1 aliphatic rings. The van der Waals surface area contributed by atoms with E-state index in [1.165, 1.54) is 0 Å². The number of urea groups is 1. The van der Waals surface area contributed by atoms with Crippen LogP contribution in [0.1, 0.15) is 50.4 Å². The fourth-order valence-corrected chi connectivity index (χ4v) is 2.53. The van der Waals surface area contributed by atoms with Crippen LogP contribution < -0.4 is 20.9 Å². The molecule has 0 saturated carbocycles. The van der Waals surface area contributed by atoms with Crippen LogP contribution in [0.4, 0.5) is 4.79 Å². The van der Waals surface area contributed by atoms with Gasteiger partial charge in [0.2, 0.25) is 5.91 Å². The van der Waals surface area contributed by atoms with Gasteiger partial charge in [0.15, 0.2) is 0 Å². The number of nitrogens with zero attached hydrogens (tertiary/aromatic N) is 1. The maximum atomic E-state index is 12.1. The highest BCUT2D eigenvalue weighted by molar-refractivity contribution is 6.06. The molecule has 1 aliphatic heterocycles. The van der Waals surface area contributed by atoms with Crippen LogP contribution in [0.15, 0.2) is 24.3 Å². The van der Waals surface area contributed by atoms with Gasteiger partial charge >= 0.3 is 6.03 Å². The van der Waals surface area contributed by atoms with Gasteiger partial charge in [-0.3, -0.25) is 30.1 Å². The van der Waals surface area contributed by atoms with Gasteiger partial charge in [0.05, 0.1) is 6.61 Å². The second-order valence-electron chi connectivity index (χ2n) is 6.99. The van der Waals surface area contributed by atoms with Crippen molar-refractivity contribution in [1.29, 1.82) is 0 Å². The molecule has 1 aromatic rings. The van der Waals surface area contributed by atoms with Gasteiger partial charge in [-0.15, -0.1) is 0 Å². The monoisotopic (exact) mass is 390 g/mol. The zero-order chi connectivity index (χ0) is 20.7. The molecule has 0 aromatic heterocycles. The van der Waals surface area contributed by atoms with Gasteiger partial charge in [-0.2, -0.15) is 0 Å². The maximum absolute atomic E-state index is 12.1. The minimum absolute atomic E-state index is 0.0698. The Morgan fingerprint density at radius 1 is 1.14 bits per heavy atom. The first-order valence-corrected chi connectivity index (χ1v) is 9.20. The summed E-state index contributed by atoms with van der Waals surface area (Å²) in [5.74, 6) is -0.719. The summed E-state index contributed by atoms with van der Waals surface area (Å²) < 4.78 is 5.53. The van der Waals surface area contributed by atoms with E-state index in [9.17, 15) is 19.2 Å². The lowest BCUT2D eigenvalue weighted by Crippen LogP contribution is -2.44. The summed E-state index contributed by atoms with van der Waals surface area (Å²) in [7, 11) is 0. The normalized spacial score (nSPS) is 15.2. The van der Waals surface area contributed by atoms with Crippen molar-refractivity contribution in [2.45, 2.75) is 45.6 Å². The lowest BCUT2D eigenvalue weighted by atomic mass is 10.1. The van der Waals surface area contributed by atoms with E-state index in [1.54, 1.807) is 38.1 Å². The Labute approximate surface area is 163 Å². The number of carbonyl (C=O) groups is 4. The van der Waals surface area contributed by atoms with Gasteiger partial charge in [-0.05, 0) is 44.5 Å². The van der Waals surface area contributed by atoms with E-state index >= 15 is 0 Å². The predicted octanol–water partition coefficient (Wildman–Crippen LogP) is 1.35. The molecule has 0 unspecified atom stereocenters. The maximum Gasteiger partial charge on any atom is 0.325 e. The number of hydrazine groups is 1. The van der Waals surface area contributed by atoms with Gasteiger partial charge in [0.1, 0.15) is 11.3 Å². The third-order valence-electron chi connectivity index (χ3n) is 4.21. The molecule has 9 heteroatoms. The van der Waals surface area contributed by atoms with Crippen LogP contribution in [0.5, 0.6) is 5.75 Å². The third kappa shape index (κ3) is 5.45. The topological polar surface area (TPSA) is 117 Å². The number of amides is 5. The van der Waals surface area contributed by atoms with Crippen molar-refractivity contribution in [1.82, 2.24) is 21.1 Å². The summed E-state index contributed by atoms with van der Waals surface area (Å²) in [4.78, 5) is 48.8. The number of nitrogens with one attached hydrogen (secondary N) is 3. The third-order valence-corrected chi connectivity index (χ3v) is 4.21. The molecule has 1 aromatic carbocycles. The Morgan fingerprint density at radius 3 is 2.39 bits per heavy atom. The summed E-state index contributed by atoms with van der Waals surface area (Å²) in [6.07, 6.45) is 1.87. The number of benzene rings is 1. The van der Waals surface area contributed by atoms with E-state index in [0.717, 1.165) is 17.7 Å². The summed E-state index contributed by atoms with van der Waals surface area (Å²) in [6, 6.07) is 6.03. The second kappa shape index (κ2) is 9.20. The van der Waals surface area contributed by atoms with Gasteiger partial charge in [0.25, 0.3) is 11.8 Å². The molecule has 0 bridgehead atoms. The van der Waals surface area contributed by atoms with Gasteiger partial charge < -0.3 is 10.1 Å². The van der Waals surface area contributed by atoms with E-state index in [2.05, 4.69) is 23.1 Å². The molecule has 152 valence electrons. The van der Waals surface area contributed by atoms with Crippen molar-refractivity contribution >= 4 is 23.8 Å². The number of hydrogen-bond donors (Lipinski definition) is 3. The Kier molecular flexibility index (Phi) is 6.97. The highest BCUT2D eigenvalue weighted by Gasteiger charge is 2.43. The molecule has 28 heavy (non-hydrogen) atoms. The molecule has 0 spiro atoms. The molecule has 2 rings (SSSR count). The van der Waals surface area contributed by atoms with Crippen molar-refractivity contribution in [3.05, 3.63) is 29.8 Å². The zero-order valence-electron chi connectivity index (χ0n) is 16.3. The molecule has 0 radical (unpaired) electrons. The van der Waals surface area contributed by atoms with Crippen LogP contribution in [-0.2, 0) is 9.59 Å². The SMILES string of the molecule is CCCCOc1ccc(C(=O)NNC(=O)CCN2C(=O)NC(C)(C)C2=O)cc1. The number of carbonyl (C=O) groups excluding carboxylic acids is 4. The van der Waals surface area contributed by atoms with Gasteiger partial charge in [-0.25, -0.2) is 4.79 Å². The minimum atomic E-state index is -0.978. The first kappa shape index (κ1) is 21.2. The lowest BCUT2D eigenvalue weighted by molar-refractivity contribution is -0.130. The van der Waals surface area contributed by atoms with Crippen LogP contribution in [-0.4, -0.2) is 47.3 Å². The minimum Gasteiger partial charge on any atom is -0.494 e. The van der Waals surface area contributed by atoms with E-state index in [1.807, 2.05) is 0 Å². The number of ether oxygens (including phenoxy) is 1. The van der Waals surface area contributed by atoms with E-state index in [0.29, 0.717) is 17.9 Å². The van der Waals surface area contributed by atoms with Crippen LogP contribution >= 0.6 is 0 Å². The van der Waals surface area contributed by atoms with Crippen molar-refractivity contribution in [3.63, 3.8) is 0 Å². The first-order chi connectivity index (χ1) is 13.2. The van der Waals surface area contributed by atoms with Crippen LogP contribution in [0, 0.1) is 0 Å². The average Bonchev–Trinajstić information content (AvgIpc) is 2.85.